The number of halogens is 2. The van der Waals surface area contributed by atoms with E-state index in [0.29, 0.717) is 12.2 Å². The number of hydrogen-bond acceptors (Lipinski definition) is 1. The summed E-state index contributed by atoms with van der Waals surface area (Å²) in [5.41, 5.74) is 3.46. The first-order valence-electron chi connectivity index (χ1n) is 9.04. The number of hydrogen-bond donors (Lipinski definition) is 0. The van der Waals surface area contributed by atoms with Gasteiger partial charge in [-0.3, -0.25) is 0 Å². The minimum Gasteiger partial charge on any atom is -0.491 e. The van der Waals surface area contributed by atoms with E-state index in [-0.39, 0.29) is 11.3 Å². The van der Waals surface area contributed by atoms with E-state index in [1.807, 2.05) is 24.3 Å². The summed E-state index contributed by atoms with van der Waals surface area (Å²) in [4.78, 5) is 0. The highest BCUT2D eigenvalue weighted by atomic mass is 19.2. The Morgan fingerprint density at radius 3 is 2.28 bits per heavy atom. The van der Waals surface area contributed by atoms with Gasteiger partial charge >= 0.3 is 0 Å². The van der Waals surface area contributed by atoms with E-state index in [1.54, 1.807) is 13.0 Å². The van der Waals surface area contributed by atoms with Crippen molar-refractivity contribution in [1.82, 2.24) is 0 Å². The van der Waals surface area contributed by atoms with Crippen LogP contribution in [0, 0.1) is 17.6 Å². The van der Waals surface area contributed by atoms with Gasteiger partial charge in [-0.25, -0.2) is 4.39 Å². The van der Waals surface area contributed by atoms with Gasteiger partial charge in [0.2, 0.25) is 5.82 Å². The molecule has 1 atom stereocenters. The summed E-state index contributed by atoms with van der Waals surface area (Å²) >= 11 is 0. The van der Waals surface area contributed by atoms with Crippen LogP contribution >= 0.6 is 0 Å². The minimum atomic E-state index is -0.927. The zero-order valence-electron chi connectivity index (χ0n) is 14.8. The molecule has 0 saturated heterocycles. The molecular weight excluding hydrogens is 318 g/mol. The molecule has 25 heavy (non-hydrogen) atoms. The van der Waals surface area contributed by atoms with Gasteiger partial charge in [-0.15, -0.1) is 0 Å². The van der Waals surface area contributed by atoms with Crippen LogP contribution in [0.25, 0.3) is 16.7 Å². The van der Waals surface area contributed by atoms with Gasteiger partial charge in [0.05, 0.1) is 6.61 Å². The SMILES string of the molecule is CCOc1ccc(-c2ccc(C3=CCC(CC)CC3)cc2)c(F)c1F. The molecule has 0 aliphatic heterocycles. The molecule has 3 heteroatoms. The maximum atomic E-state index is 14.3. The quantitative estimate of drug-likeness (QED) is 0.593. The summed E-state index contributed by atoms with van der Waals surface area (Å²) < 4.78 is 33.5. The van der Waals surface area contributed by atoms with Gasteiger partial charge in [0.1, 0.15) is 0 Å². The molecule has 132 valence electrons. The van der Waals surface area contributed by atoms with Crippen LogP contribution < -0.4 is 4.74 Å². The van der Waals surface area contributed by atoms with Crippen LogP contribution in [-0.4, -0.2) is 6.61 Å². The average Bonchev–Trinajstić information content (AvgIpc) is 2.66. The van der Waals surface area contributed by atoms with E-state index in [9.17, 15) is 8.78 Å². The van der Waals surface area contributed by atoms with Crippen molar-refractivity contribution in [3.8, 4) is 16.9 Å². The van der Waals surface area contributed by atoms with Crippen LogP contribution in [0.4, 0.5) is 8.78 Å². The van der Waals surface area contributed by atoms with Gasteiger partial charge in [-0.2, -0.15) is 4.39 Å². The summed E-state index contributed by atoms with van der Waals surface area (Å²) in [6.45, 7) is 4.29. The summed E-state index contributed by atoms with van der Waals surface area (Å²) in [6.07, 6.45) is 6.99. The van der Waals surface area contributed by atoms with E-state index in [0.717, 1.165) is 18.8 Å². The maximum absolute atomic E-state index is 14.3. The first-order chi connectivity index (χ1) is 12.1. The van der Waals surface area contributed by atoms with Crippen molar-refractivity contribution in [3.05, 3.63) is 59.7 Å². The van der Waals surface area contributed by atoms with Crippen LogP contribution in [0.3, 0.4) is 0 Å². The Labute approximate surface area is 148 Å². The molecule has 3 rings (SSSR count). The molecule has 1 unspecified atom stereocenters. The molecule has 0 bridgehead atoms. The molecule has 0 spiro atoms. The molecular formula is C22H24F2O. The molecule has 0 radical (unpaired) electrons. The number of benzene rings is 2. The minimum absolute atomic E-state index is 0.0433. The van der Waals surface area contributed by atoms with Crippen molar-refractivity contribution in [2.45, 2.75) is 39.5 Å². The van der Waals surface area contributed by atoms with E-state index in [2.05, 4.69) is 13.0 Å². The van der Waals surface area contributed by atoms with Crippen LogP contribution in [0.15, 0.2) is 42.5 Å². The second kappa shape index (κ2) is 7.81. The van der Waals surface area contributed by atoms with Crippen molar-refractivity contribution in [1.29, 1.82) is 0 Å². The molecule has 0 saturated carbocycles. The van der Waals surface area contributed by atoms with E-state index < -0.39 is 11.6 Å². The van der Waals surface area contributed by atoms with Crippen LogP contribution in [0.5, 0.6) is 5.75 Å². The molecule has 0 N–H and O–H groups in total. The predicted molar refractivity (Wildman–Crippen MR) is 98.6 cm³/mol. The standard InChI is InChI=1S/C22H24F2O/c1-3-15-5-7-16(8-6-15)17-9-11-18(12-10-17)19-13-14-20(25-4-2)22(24)21(19)23/h7,9-15H,3-6,8H2,1-2H3. The zero-order chi connectivity index (χ0) is 17.8. The maximum Gasteiger partial charge on any atom is 0.201 e. The fourth-order valence-corrected chi connectivity index (χ4v) is 3.41. The van der Waals surface area contributed by atoms with Gasteiger partial charge in [0.15, 0.2) is 11.6 Å². The molecule has 0 amide bonds. The normalized spacial score (nSPS) is 17.3. The molecule has 1 aliphatic rings. The molecule has 1 aliphatic carbocycles. The molecule has 2 aromatic carbocycles. The van der Waals surface area contributed by atoms with E-state index in [1.165, 1.54) is 30.0 Å². The Bertz CT molecular complexity index is 762. The number of rotatable bonds is 5. The van der Waals surface area contributed by atoms with E-state index in [4.69, 9.17) is 4.74 Å². The van der Waals surface area contributed by atoms with Gasteiger partial charge in [-0.1, -0.05) is 43.7 Å². The predicted octanol–water partition coefficient (Wildman–Crippen LogP) is 6.62. The van der Waals surface area contributed by atoms with Gasteiger partial charge in [0, 0.05) is 5.56 Å². The third-order valence-corrected chi connectivity index (χ3v) is 5.01. The van der Waals surface area contributed by atoms with Gasteiger partial charge in [0.25, 0.3) is 0 Å². The zero-order valence-corrected chi connectivity index (χ0v) is 14.8. The number of ether oxygens (including phenoxy) is 1. The first kappa shape index (κ1) is 17.7. The lowest BCUT2D eigenvalue weighted by Gasteiger charge is -2.21. The molecule has 1 nitrogen and oxygen atoms in total. The van der Waals surface area contributed by atoms with Crippen LogP contribution in [0.1, 0.15) is 45.1 Å². The van der Waals surface area contributed by atoms with Crippen molar-refractivity contribution < 1.29 is 13.5 Å². The highest BCUT2D eigenvalue weighted by molar-refractivity contribution is 5.71. The highest BCUT2D eigenvalue weighted by Gasteiger charge is 2.17. The smallest absolute Gasteiger partial charge is 0.201 e. The summed E-state index contributed by atoms with van der Waals surface area (Å²) in [6, 6.07) is 10.8. The Kier molecular flexibility index (Phi) is 5.52. The van der Waals surface area contributed by atoms with Crippen molar-refractivity contribution in [2.75, 3.05) is 6.61 Å². The fraction of sp³-hybridized carbons (Fsp3) is 0.364. The van der Waals surface area contributed by atoms with E-state index >= 15 is 0 Å². The lowest BCUT2D eigenvalue weighted by molar-refractivity contribution is 0.314. The van der Waals surface area contributed by atoms with Crippen LogP contribution in [0.2, 0.25) is 0 Å². The molecule has 0 heterocycles. The Hall–Kier alpha value is -2.16. The summed E-state index contributed by atoms with van der Waals surface area (Å²) in [7, 11) is 0. The van der Waals surface area contributed by atoms with Crippen molar-refractivity contribution in [2.24, 2.45) is 5.92 Å². The van der Waals surface area contributed by atoms with Crippen molar-refractivity contribution in [3.63, 3.8) is 0 Å². The summed E-state index contributed by atoms with van der Waals surface area (Å²) in [5, 5.41) is 0. The van der Waals surface area contributed by atoms with Gasteiger partial charge in [-0.05, 0) is 60.9 Å². The largest absolute Gasteiger partial charge is 0.491 e. The summed E-state index contributed by atoms with van der Waals surface area (Å²) in [5.74, 6) is -1.03. The van der Waals surface area contributed by atoms with Crippen molar-refractivity contribution >= 4 is 5.57 Å². The molecule has 0 aromatic heterocycles. The topological polar surface area (TPSA) is 9.23 Å². The molecule has 0 fully saturated rings. The number of allylic oxidation sites excluding steroid dienone is 2. The fourth-order valence-electron chi connectivity index (χ4n) is 3.41. The first-order valence-corrected chi connectivity index (χ1v) is 9.04. The monoisotopic (exact) mass is 342 g/mol. The second-order valence-corrected chi connectivity index (χ2v) is 6.53. The third kappa shape index (κ3) is 3.76. The molecule has 2 aromatic rings. The van der Waals surface area contributed by atoms with Crippen LogP contribution in [-0.2, 0) is 0 Å². The Morgan fingerprint density at radius 2 is 1.68 bits per heavy atom. The Balaban J connectivity index is 1.84. The Morgan fingerprint density at radius 1 is 0.960 bits per heavy atom. The third-order valence-electron chi connectivity index (χ3n) is 5.01. The van der Waals surface area contributed by atoms with Gasteiger partial charge < -0.3 is 4.74 Å². The second-order valence-electron chi connectivity index (χ2n) is 6.53. The lowest BCUT2D eigenvalue weighted by Crippen LogP contribution is -2.03. The highest BCUT2D eigenvalue weighted by Crippen LogP contribution is 2.34. The average molecular weight is 342 g/mol. The lowest BCUT2D eigenvalue weighted by atomic mass is 9.85.